The van der Waals surface area contributed by atoms with Gasteiger partial charge in [-0.2, -0.15) is 0 Å². The van der Waals surface area contributed by atoms with Crippen LogP contribution in [0.25, 0.3) is 0 Å². The quantitative estimate of drug-likeness (QED) is 0.199. The lowest BCUT2D eigenvalue weighted by molar-refractivity contribution is -0.385. The van der Waals surface area contributed by atoms with Crippen LogP contribution in [0.1, 0.15) is 63.5 Å². The van der Waals surface area contributed by atoms with Crippen LogP contribution in [0.5, 0.6) is 0 Å². The molecule has 0 bridgehead atoms. The molecule has 1 aliphatic heterocycles. The molecule has 0 spiro atoms. The van der Waals surface area contributed by atoms with Crippen LogP contribution in [-0.2, 0) is 17.6 Å². The molecule has 36 heavy (non-hydrogen) atoms. The van der Waals surface area contributed by atoms with E-state index in [1.54, 1.807) is 35.2 Å². The highest BCUT2D eigenvalue weighted by molar-refractivity contribution is 5.82. The van der Waals surface area contributed by atoms with Gasteiger partial charge in [0.05, 0.1) is 10.5 Å². The van der Waals surface area contributed by atoms with E-state index in [9.17, 15) is 20.0 Å². The van der Waals surface area contributed by atoms with Crippen molar-refractivity contribution < 1.29 is 23.6 Å². The number of hydrogen-bond acceptors (Lipinski definition) is 5. The number of nitrogens with zero attached hydrogens (tertiary/aromatic N) is 2. The minimum atomic E-state index is -1.34. The lowest BCUT2D eigenvalue weighted by Crippen LogP contribution is -2.36. The number of benzene rings is 2. The third-order valence-corrected chi connectivity index (χ3v) is 7.04. The fraction of sp³-hybridized carbons (Fsp3) is 0.519. The van der Waals surface area contributed by atoms with Crippen molar-refractivity contribution in [3.8, 4) is 0 Å². The van der Waals surface area contributed by atoms with E-state index in [1.165, 1.54) is 0 Å². The van der Waals surface area contributed by atoms with Crippen molar-refractivity contribution in [2.45, 2.75) is 71.3 Å². The Kier molecular flexibility index (Phi) is 9.61. The normalized spacial score (nSPS) is 15.1. The molecule has 1 aliphatic rings. The van der Waals surface area contributed by atoms with Crippen LogP contribution in [0.2, 0.25) is 0 Å². The monoisotopic (exact) mass is 503 g/mol. The standard InChI is InChI=1S/C27H35F2N3O4/c1-3-5-7-12-20-22(28)26(31-15-13-18(4-2)14-16-31)23(29)24(25(20)32(35)36)30-21(27(33)34)17-19-10-8-6-9-11-19/h6,8-11,18,21,30H,3-5,7,12-17H2,1-2H3,(H,33,34)/t21-/m0/s1. The van der Waals surface area contributed by atoms with Crippen molar-refractivity contribution in [1.29, 1.82) is 0 Å². The predicted molar refractivity (Wildman–Crippen MR) is 137 cm³/mol. The highest BCUT2D eigenvalue weighted by Gasteiger charge is 2.36. The fourth-order valence-electron chi connectivity index (χ4n) is 4.90. The van der Waals surface area contributed by atoms with Gasteiger partial charge < -0.3 is 15.3 Å². The van der Waals surface area contributed by atoms with Crippen LogP contribution >= 0.6 is 0 Å². The van der Waals surface area contributed by atoms with Crippen LogP contribution in [0.15, 0.2) is 30.3 Å². The van der Waals surface area contributed by atoms with Gasteiger partial charge in [-0.05, 0) is 37.2 Å². The summed E-state index contributed by atoms with van der Waals surface area (Å²) in [6.45, 7) is 4.92. The van der Waals surface area contributed by atoms with E-state index >= 15 is 8.78 Å². The molecule has 3 rings (SSSR count). The first-order valence-electron chi connectivity index (χ1n) is 12.7. The number of unbranched alkanes of at least 4 members (excludes halogenated alkanes) is 2. The molecule has 2 aromatic rings. The minimum absolute atomic E-state index is 0.0213. The number of nitro benzene ring substituents is 1. The molecule has 196 valence electrons. The molecular weight excluding hydrogens is 468 g/mol. The molecule has 2 N–H and O–H groups in total. The van der Waals surface area contributed by atoms with Gasteiger partial charge in [0.1, 0.15) is 11.7 Å². The Labute approximate surface area is 210 Å². The van der Waals surface area contributed by atoms with Crippen molar-refractivity contribution in [2.24, 2.45) is 5.92 Å². The molecule has 2 aromatic carbocycles. The van der Waals surface area contributed by atoms with Crippen molar-refractivity contribution >= 4 is 23.0 Å². The molecule has 0 radical (unpaired) electrons. The first-order valence-corrected chi connectivity index (χ1v) is 12.7. The number of rotatable bonds is 12. The van der Waals surface area contributed by atoms with Crippen LogP contribution in [0, 0.1) is 27.7 Å². The van der Waals surface area contributed by atoms with Crippen molar-refractivity contribution in [2.75, 3.05) is 23.3 Å². The lowest BCUT2D eigenvalue weighted by atomic mass is 9.93. The third-order valence-electron chi connectivity index (χ3n) is 7.04. The molecule has 1 fully saturated rings. The van der Waals surface area contributed by atoms with Gasteiger partial charge in [0, 0.05) is 19.5 Å². The number of piperidine rings is 1. The maximum atomic E-state index is 16.0. The Hall–Kier alpha value is -3.23. The first-order chi connectivity index (χ1) is 17.3. The van der Waals surface area contributed by atoms with E-state index < -0.39 is 39.9 Å². The summed E-state index contributed by atoms with van der Waals surface area (Å²) in [5.74, 6) is -2.83. The first kappa shape index (κ1) is 27.4. The third kappa shape index (κ3) is 6.30. The highest BCUT2D eigenvalue weighted by atomic mass is 19.1. The van der Waals surface area contributed by atoms with Crippen LogP contribution in [0.3, 0.4) is 0 Å². The van der Waals surface area contributed by atoms with Gasteiger partial charge >= 0.3 is 11.7 Å². The largest absolute Gasteiger partial charge is 0.480 e. The molecule has 1 heterocycles. The SMILES string of the molecule is CCCCCc1c(F)c(N2CCC(CC)CC2)c(F)c(N[C@@H](Cc2ccccc2)C(=O)O)c1[N+](=O)[O-]. The van der Waals surface area contributed by atoms with Crippen molar-refractivity contribution in [3.63, 3.8) is 0 Å². The topological polar surface area (TPSA) is 95.7 Å². The number of nitrogens with one attached hydrogen (secondary N) is 1. The van der Waals surface area contributed by atoms with E-state index in [4.69, 9.17) is 0 Å². The second-order valence-corrected chi connectivity index (χ2v) is 9.46. The summed E-state index contributed by atoms with van der Waals surface area (Å²) in [6.07, 6.45) is 4.64. The van der Waals surface area contributed by atoms with Crippen LogP contribution < -0.4 is 10.2 Å². The predicted octanol–water partition coefficient (Wildman–Crippen LogP) is 6.34. The van der Waals surface area contributed by atoms with Crippen LogP contribution in [0.4, 0.5) is 25.8 Å². The highest BCUT2D eigenvalue weighted by Crippen LogP contribution is 2.43. The van der Waals surface area contributed by atoms with Gasteiger partial charge in [-0.25, -0.2) is 13.6 Å². The van der Waals surface area contributed by atoms with Gasteiger partial charge in [-0.1, -0.05) is 63.4 Å². The van der Waals surface area contributed by atoms with E-state index in [1.807, 2.05) is 6.92 Å². The zero-order chi connectivity index (χ0) is 26.2. The van der Waals surface area contributed by atoms with E-state index in [-0.39, 0.29) is 24.1 Å². The summed E-state index contributed by atoms with van der Waals surface area (Å²) in [5.41, 5.74) is -1.06. The van der Waals surface area contributed by atoms with Gasteiger partial charge in [-0.15, -0.1) is 0 Å². The molecule has 9 heteroatoms. The molecular formula is C27H35F2N3O4. The Balaban J connectivity index is 2.11. The molecule has 1 atom stereocenters. The number of carboxylic acid groups (broad SMARTS) is 1. The Morgan fingerprint density at radius 3 is 2.39 bits per heavy atom. The lowest BCUT2D eigenvalue weighted by Gasteiger charge is -2.34. The smallest absolute Gasteiger partial charge is 0.326 e. The van der Waals surface area contributed by atoms with Gasteiger partial charge in [0.15, 0.2) is 17.3 Å². The average Bonchev–Trinajstić information content (AvgIpc) is 2.86. The molecule has 0 aliphatic carbocycles. The second kappa shape index (κ2) is 12.6. The molecule has 0 saturated carbocycles. The average molecular weight is 504 g/mol. The zero-order valence-electron chi connectivity index (χ0n) is 20.9. The molecule has 0 unspecified atom stereocenters. The van der Waals surface area contributed by atoms with Gasteiger partial charge in [-0.3, -0.25) is 10.1 Å². The summed E-state index contributed by atoms with van der Waals surface area (Å²) >= 11 is 0. The second-order valence-electron chi connectivity index (χ2n) is 9.46. The number of hydrogen-bond donors (Lipinski definition) is 2. The maximum Gasteiger partial charge on any atom is 0.326 e. The Morgan fingerprint density at radius 2 is 1.83 bits per heavy atom. The molecule has 1 saturated heterocycles. The summed E-state index contributed by atoms with van der Waals surface area (Å²) in [5, 5.41) is 24.6. The van der Waals surface area contributed by atoms with Crippen molar-refractivity contribution in [3.05, 3.63) is 63.2 Å². The van der Waals surface area contributed by atoms with E-state index in [0.717, 1.165) is 32.1 Å². The van der Waals surface area contributed by atoms with Crippen LogP contribution in [-0.4, -0.2) is 35.1 Å². The zero-order valence-corrected chi connectivity index (χ0v) is 20.9. The van der Waals surface area contributed by atoms with E-state index in [0.29, 0.717) is 31.0 Å². The number of anilines is 2. The Morgan fingerprint density at radius 1 is 1.17 bits per heavy atom. The number of nitro groups is 1. The number of aliphatic carboxylic acids is 1. The summed E-state index contributed by atoms with van der Waals surface area (Å²) in [6, 6.07) is 7.40. The Bertz CT molecular complexity index is 1060. The van der Waals surface area contributed by atoms with Crippen molar-refractivity contribution in [1.82, 2.24) is 0 Å². The summed E-state index contributed by atoms with van der Waals surface area (Å²) in [4.78, 5) is 25.0. The minimum Gasteiger partial charge on any atom is -0.480 e. The van der Waals surface area contributed by atoms with Gasteiger partial charge in [0.25, 0.3) is 0 Å². The summed E-state index contributed by atoms with van der Waals surface area (Å²) < 4.78 is 31.8. The number of halogens is 2. The van der Waals surface area contributed by atoms with Gasteiger partial charge in [0.2, 0.25) is 0 Å². The molecule has 0 amide bonds. The number of carbonyl (C=O) groups is 1. The number of carboxylic acids is 1. The van der Waals surface area contributed by atoms with E-state index in [2.05, 4.69) is 12.2 Å². The maximum absolute atomic E-state index is 16.0. The summed E-state index contributed by atoms with van der Waals surface area (Å²) in [7, 11) is 0. The fourth-order valence-corrected chi connectivity index (χ4v) is 4.90. The molecule has 0 aromatic heterocycles. The molecule has 7 nitrogen and oxygen atoms in total.